The first-order valence-electron chi connectivity index (χ1n) is 9.52. The van der Waals surface area contributed by atoms with E-state index in [9.17, 15) is 19.5 Å². The van der Waals surface area contributed by atoms with Gasteiger partial charge in [0, 0.05) is 25.4 Å². The molecule has 3 heterocycles. The Balaban J connectivity index is 1.98. The van der Waals surface area contributed by atoms with Crippen LogP contribution in [0.2, 0.25) is 0 Å². The van der Waals surface area contributed by atoms with Crippen molar-refractivity contribution in [2.45, 2.75) is 49.1 Å². The second kappa shape index (κ2) is 7.38. The summed E-state index contributed by atoms with van der Waals surface area (Å²) in [6.07, 6.45) is 2.69. The lowest BCUT2D eigenvalue weighted by molar-refractivity contribution is -0.140. The Morgan fingerprint density at radius 3 is 2.73 bits per heavy atom. The lowest BCUT2D eigenvalue weighted by Gasteiger charge is -2.38. The number of carbonyl (C=O) groups excluding carboxylic acids is 3. The highest BCUT2D eigenvalue weighted by Crippen LogP contribution is 2.68. The maximum absolute atomic E-state index is 13.2. The number of hydrogen-bond acceptors (Lipinski definition) is 5. The summed E-state index contributed by atoms with van der Waals surface area (Å²) in [5.41, 5.74) is 0. The Kier molecular flexibility index (Phi) is 5.53. The number of rotatable bonds is 7. The molecule has 8 heteroatoms. The molecule has 2 bridgehead atoms. The van der Waals surface area contributed by atoms with Crippen molar-refractivity contribution in [2.24, 2.45) is 17.8 Å². The number of nitrogens with one attached hydrogen (secondary N) is 2. The molecule has 3 saturated heterocycles. The molecule has 3 aliphatic heterocycles. The van der Waals surface area contributed by atoms with Crippen LogP contribution in [0.3, 0.4) is 0 Å². The van der Waals surface area contributed by atoms with E-state index >= 15 is 0 Å². The van der Waals surface area contributed by atoms with Gasteiger partial charge in [-0.15, -0.1) is 11.8 Å². The molecule has 0 aromatic carbocycles. The van der Waals surface area contributed by atoms with Crippen LogP contribution in [0, 0.1) is 17.8 Å². The summed E-state index contributed by atoms with van der Waals surface area (Å²) in [7, 11) is 1.59. The number of amides is 3. The van der Waals surface area contributed by atoms with Gasteiger partial charge in [-0.05, 0) is 18.8 Å². The zero-order valence-electron chi connectivity index (χ0n) is 15.7. The van der Waals surface area contributed by atoms with Crippen molar-refractivity contribution in [2.75, 3.05) is 26.7 Å². The summed E-state index contributed by atoms with van der Waals surface area (Å²) < 4.78 is -0.579. The molecule has 3 aliphatic rings. The van der Waals surface area contributed by atoms with E-state index in [1.807, 2.05) is 0 Å². The van der Waals surface area contributed by atoms with Crippen molar-refractivity contribution in [1.29, 1.82) is 0 Å². The molecular weight excluding hydrogens is 354 g/mol. The number of likely N-dealkylation sites (tertiary alicyclic amines) is 1. The molecule has 1 spiro atoms. The minimum absolute atomic E-state index is 0.0705. The highest BCUT2D eigenvalue weighted by Gasteiger charge is 2.75. The van der Waals surface area contributed by atoms with Crippen LogP contribution in [0.1, 0.15) is 33.1 Å². The van der Waals surface area contributed by atoms with E-state index in [2.05, 4.69) is 24.5 Å². The van der Waals surface area contributed by atoms with E-state index in [1.165, 1.54) is 4.90 Å². The third-order valence-electron chi connectivity index (χ3n) is 6.21. The minimum Gasteiger partial charge on any atom is -0.395 e. The summed E-state index contributed by atoms with van der Waals surface area (Å²) in [5, 5.41) is 15.2. The maximum Gasteiger partial charge on any atom is 0.244 e. The second-order valence-corrected chi connectivity index (χ2v) is 9.11. The summed E-state index contributed by atoms with van der Waals surface area (Å²) in [4.78, 5) is 40.3. The fraction of sp³-hybridized carbons (Fsp3) is 0.833. The first-order chi connectivity index (χ1) is 12.4. The molecule has 0 saturated carbocycles. The third-order valence-corrected chi connectivity index (χ3v) is 8.29. The number of unbranched alkanes of at least 4 members (excludes halogenated alkanes) is 1. The van der Waals surface area contributed by atoms with Crippen LogP contribution >= 0.6 is 11.8 Å². The third kappa shape index (κ3) is 2.64. The van der Waals surface area contributed by atoms with E-state index in [1.54, 1.807) is 18.8 Å². The number of nitrogens with zero attached hydrogens (tertiary/aromatic N) is 1. The molecule has 3 amide bonds. The number of hydrogen-bond donors (Lipinski definition) is 3. The number of fused-ring (bicyclic) bond motifs is 1. The van der Waals surface area contributed by atoms with Crippen LogP contribution in [0.5, 0.6) is 0 Å². The lowest BCUT2D eigenvalue weighted by Crippen LogP contribution is -2.56. The standard InChI is InChI=1S/C18H29N3O4S/c1-4-5-6-20-16(24)14-18-10(2)9-11(26-18)12(15(23)19-3)13(18)17(25)21(14)7-8-22/h10-14,22H,4-9H2,1-3H3,(H,19,23)(H,20,24)/t10?,11-,12+,13-,14?,18?/m0/s1. The maximum atomic E-state index is 13.2. The average Bonchev–Trinajstić information content (AvgIpc) is 3.19. The van der Waals surface area contributed by atoms with Gasteiger partial charge in [0.25, 0.3) is 0 Å². The molecule has 0 radical (unpaired) electrons. The Bertz CT molecular complexity index is 601. The van der Waals surface area contributed by atoms with Gasteiger partial charge in [-0.25, -0.2) is 0 Å². The highest BCUT2D eigenvalue weighted by molar-refractivity contribution is 8.02. The van der Waals surface area contributed by atoms with Gasteiger partial charge in [-0.2, -0.15) is 0 Å². The molecule has 3 unspecified atom stereocenters. The highest BCUT2D eigenvalue weighted by atomic mass is 32.2. The molecule has 0 aromatic rings. The Hall–Kier alpha value is -1.28. The van der Waals surface area contributed by atoms with Crippen LogP contribution in [-0.2, 0) is 14.4 Å². The van der Waals surface area contributed by atoms with Crippen molar-refractivity contribution in [3.05, 3.63) is 0 Å². The zero-order valence-corrected chi connectivity index (χ0v) is 16.5. The molecule has 0 aliphatic carbocycles. The summed E-state index contributed by atoms with van der Waals surface area (Å²) in [6, 6.07) is -0.622. The van der Waals surface area contributed by atoms with Gasteiger partial charge < -0.3 is 20.6 Å². The van der Waals surface area contributed by atoms with Crippen molar-refractivity contribution >= 4 is 29.5 Å². The molecular formula is C18H29N3O4S. The molecule has 6 atom stereocenters. The smallest absolute Gasteiger partial charge is 0.244 e. The Morgan fingerprint density at radius 2 is 2.12 bits per heavy atom. The van der Waals surface area contributed by atoms with E-state index in [0.29, 0.717) is 6.54 Å². The van der Waals surface area contributed by atoms with E-state index < -0.39 is 22.6 Å². The van der Waals surface area contributed by atoms with Gasteiger partial charge in [-0.1, -0.05) is 20.3 Å². The van der Waals surface area contributed by atoms with Crippen LogP contribution < -0.4 is 10.6 Å². The number of aliphatic hydroxyl groups excluding tert-OH is 1. The molecule has 3 N–H and O–H groups in total. The van der Waals surface area contributed by atoms with Crippen LogP contribution in [0.15, 0.2) is 0 Å². The van der Waals surface area contributed by atoms with Crippen molar-refractivity contribution < 1.29 is 19.5 Å². The second-order valence-electron chi connectivity index (χ2n) is 7.57. The first kappa shape index (κ1) is 19.5. The summed E-state index contributed by atoms with van der Waals surface area (Å²) in [5.74, 6) is -1.16. The fourth-order valence-electron chi connectivity index (χ4n) is 5.12. The molecule has 26 heavy (non-hydrogen) atoms. The molecule has 146 valence electrons. The average molecular weight is 384 g/mol. The van der Waals surface area contributed by atoms with Crippen LogP contribution in [0.4, 0.5) is 0 Å². The van der Waals surface area contributed by atoms with Crippen molar-refractivity contribution in [1.82, 2.24) is 15.5 Å². The Morgan fingerprint density at radius 1 is 1.38 bits per heavy atom. The number of thioether (sulfide) groups is 1. The number of β-amino-alcohol motifs (C(OH)–C–C–N with tert-alkyl or cyclic N) is 1. The fourth-order valence-corrected chi connectivity index (χ4v) is 7.54. The number of aliphatic hydroxyl groups is 1. The zero-order chi connectivity index (χ0) is 19.1. The SMILES string of the molecule is CCCCNC(=O)C1N(CCO)C(=O)[C@@H]2[C@H](C(=O)NC)[C@@H]3CC(C)C12S3. The normalized spacial score (nSPS) is 37.8. The Labute approximate surface area is 158 Å². The lowest BCUT2D eigenvalue weighted by atomic mass is 9.66. The molecule has 7 nitrogen and oxygen atoms in total. The van der Waals surface area contributed by atoms with E-state index in [4.69, 9.17) is 0 Å². The van der Waals surface area contributed by atoms with Crippen LogP contribution in [-0.4, -0.2) is 70.5 Å². The predicted octanol–water partition coefficient (Wildman–Crippen LogP) is -0.0218. The van der Waals surface area contributed by atoms with Gasteiger partial charge in [0.15, 0.2) is 0 Å². The van der Waals surface area contributed by atoms with E-state index in [-0.39, 0.29) is 42.0 Å². The molecule has 3 fully saturated rings. The summed E-state index contributed by atoms with van der Waals surface area (Å²) >= 11 is 1.65. The van der Waals surface area contributed by atoms with Gasteiger partial charge in [0.05, 0.1) is 23.2 Å². The van der Waals surface area contributed by atoms with E-state index in [0.717, 1.165) is 19.3 Å². The topological polar surface area (TPSA) is 98.7 Å². The van der Waals surface area contributed by atoms with Gasteiger partial charge >= 0.3 is 0 Å². The first-order valence-corrected chi connectivity index (χ1v) is 10.4. The summed E-state index contributed by atoms with van der Waals surface area (Å²) in [6.45, 7) is 4.65. The molecule has 0 aromatic heterocycles. The van der Waals surface area contributed by atoms with Gasteiger partial charge in [-0.3, -0.25) is 14.4 Å². The molecule has 3 rings (SSSR count). The van der Waals surface area contributed by atoms with Crippen molar-refractivity contribution in [3.63, 3.8) is 0 Å². The van der Waals surface area contributed by atoms with Crippen LogP contribution in [0.25, 0.3) is 0 Å². The monoisotopic (exact) mass is 383 g/mol. The quantitative estimate of drug-likeness (QED) is 0.537. The predicted molar refractivity (Wildman–Crippen MR) is 99.4 cm³/mol. The van der Waals surface area contributed by atoms with Crippen molar-refractivity contribution in [3.8, 4) is 0 Å². The minimum atomic E-state index is -0.622. The number of carbonyl (C=O) groups is 3. The van der Waals surface area contributed by atoms with Gasteiger partial charge in [0.1, 0.15) is 6.04 Å². The van der Waals surface area contributed by atoms with Gasteiger partial charge in [0.2, 0.25) is 17.7 Å². The largest absolute Gasteiger partial charge is 0.395 e.